The lowest BCUT2D eigenvalue weighted by molar-refractivity contribution is -0.516. The van der Waals surface area contributed by atoms with Gasteiger partial charge in [-0.3, -0.25) is 20.2 Å². The summed E-state index contributed by atoms with van der Waals surface area (Å²) in [5, 5.41) is 20.9. The first-order chi connectivity index (χ1) is 8.02. The van der Waals surface area contributed by atoms with Crippen molar-refractivity contribution in [3.63, 3.8) is 0 Å². The SMILES string of the molecule is COc1ccc(C(C[N+](=O)[O-])C[N+](=O)[O-])cc1. The fraction of sp³-hybridized carbons (Fsp3) is 0.400. The van der Waals surface area contributed by atoms with Crippen molar-refractivity contribution < 1.29 is 14.6 Å². The van der Waals surface area contributed by atoms with Gasteiger partial charge in [-0.2, -0.15) is 0 Å². The van der Waals surface area contributed by atoms with E-state index in [4.69, 9.17) is 4.74 Å². The Hall–Kier alpha value is -2.18. The van der Waals surface area contributed by atoms with Crippen LogP contribution in [0.3, 0.4) is 0 Å². The van der Waals surface area contributed by atoms with Gasteiger partial charge in [0.05, 0.1) is 7.11 Å². The average molecular weight is 240 g/mol. The summed E-state index contributed by atoms with van der Waals surface area (Å²) in [6, 6.07) is 6.47. The molecule has 0 radical (unpaired) electrons. The third-order valence-electron chi connectivity index (χ3n) is 2.33. The summed E-state index contributed by atoms with van der Waals surface area (Å²) in [4.78, 5) is 19.8. The van der Waals surface area contributed by atoms with Crippen LogP contribution >= 0.6 is 0 Å². The molecule has 0 aliphatic rings. The molecule has 0 aliphatic heterocycles. The number of rotatable bonds is 6. The maximum Gasteiger partial charge on any atom is 0.217 e. The van der Waals surface area contributed by atoms with Crippen LogP contribution in [0, 0.1) is 20.2 Å². The summed E-state index contributed by atoms with van der Waals surface area (Å²) in [5.41, 5.74) is 0.569. The normalized spacial score (nSPS) is 10.2. The van der Waals surface area contributed by atoms with Gasteiger partial charge in [-0.1, -0.05) is 12.1 Å². The molecule has 1 aromatic carbocycles. The second-order valence-electron chi connectivity index (χ2n) is 3.50. The van der Waals surface area contributed by atoms with Crippen molar-refractivity contribution in [3.8, 4) is 5.75 Å². The maximum absolute atomic E-state index is 10.4. The van der Waals surface area contributed by atoms with Gasteiger partial charge >= 0.3 is 0 Å². The molecule has 0 heterocycles. The van der Waals surface area contributed by atoms with Gasteiger partial charge < -0.3 is 4.74 Å². The highest BCUT2D eigenvalue weighted by atomic mass is 16.6. The minimum atomic E-state index is -0.717. The Morgan fingerprint density at radius 3 is 1.94 bits per heavy atom. The lowest BCUT2D eigenvalue weighted by atomic mass is 9.99. The van der Waals surface area contributed by atoms with Crippen LogP contribution in [0.15, 0.2) is 24.3 Å². The van der Waals surface area contributed by atoms with Crippen LogP contribution in [0.5, 0.6) is 5.75 Å². The van der Waals surface area contributed by atoms with Crippen LogP contribution in [0.2, 0.25) is 0 Å². The highest BCUT2D eigenvalue weighted by Gasteiger charge is 2.23. The molecule has 1 aromatic rings. The van der Waals surface area contributed by atoms with Crippen molar-refractivity contribution in [2.75, 3.05) is 20.2 Å². The van der Waals surface area contributed by atoms with Crippen LogP contribution in [-0.4, -0.2) is 30.0 Å². The quantitative estimate of drug-likeness (QED) is 0.552. The molecule has 17 heavy (non-hydrogen) atoms. The van der Waals surface area contributed by atoms with Crippen molar-refractivity contribution in [1.29, 1.82) is 0 Å². The molecular weight excluding hydrogens is 228 g/mol. The zero-order chi connectivity index (χ0) is 12.8. The minimum Gasteiger partial charge on any atom is -0.497 e. The van der Waals surface area contributed by atoms with Gasteiger partial charge in [0.15, 0.2) is 0 Å². The molecular formula is C10H12N2O5. The van der Waals surface area contributed by atoms with Crippen molar-refractivity contribution in [2.45, 2.75) is 5.92 Å². The first kappa shape index (κ1) is 12.9. The molecule has 0 saturated carbocycles. The molecule has 0 aliphatic carbocycles. The van der Waals surface area contributed by atoms with Crippen LogP contribution in [0.25, 0.3) is 0 Å². The summed E-state index contributed by atoms with van der Waals surface area (Å²) in [7, 11) is 1.50. The van der Waals surface area contributed by atoms with E-state index in [1.165, 1.54) is 7.11 Å². The highest BCUT2D eigenvalue weighted by Crippen LogP contribution is 2.20. The van der Waals surface area contributed by atoms with Gasteiger partial charge in [-0.15, -0.1) is 0 Å². The Bertz CT molecular complexity index is 388. The number of hydrogen-bond donors (Lipinski definition) is 0. The van der Waals surface area contributed by atoms with Crippen molar-refractivity contribution >= 4 is 0 Å². The largest absolute Gasteiger partial charge is 0.497 e. The van der Waals surface area contributed by atoms with Gasteiger partial charge in [0, 0.05) is 9.85 Å². The monoisotopic (exact) mass is 240 g/mol. The molecule has 0 amide bonds. The van der Waals surface area contributed by atoms with Crippen LogP contribution in [-0.2, 0) is 0 Å². The Morgan fingerprint density at radius 2 is 1.59 bits per heavy atom. The first-order valence-electron chi connectivity index (χ1n) is 4.90. The van der Waals surface area contributed by atoms with Gasteiger partial charge in [-0.25, -0.2) is 0 Å². The van der Waals surface area contributed by atoms with E-state index in [-0.39, 0.29) is 0 Å². The minimum absolute atomic E-state index is 0.451. The average Bonchev–Trinajstić information content (AvgIpc) is 2.27. The molecule has 1 rings (SSSR count). The summed E-state index contributed by atoms with van der Waals surface area (Å²) >= 11 is 0. The van der Waals surface area contributed by atoms with Gasteiger partial charge in [-0.05, 0) is 17.7 Å². The van der Waals surface area contributed by atoms with Gasteiger partial charge in [0.25, 0.3) is 0 Å². The predicted octanol–water partition coefficient (Wildman–Crippen LogP) is 1.33. The summed E-state index contributed by atoms with van der Waals surface area (Å²) in [5.74, 6) is -0.111. The van der Waals surface area contributed by atoms with E-state index in [0.29, 0.717) is 11.3 Å². The first-order valence-corrected chi connectivity index (χ1v) is 4.90. The summed E-state index contributed by atoms with van der Waals surface area (Å²) < 4.78 is 4.94. The van der Waals surface area contributed by atoms with E-state index >= 15 is 0 Å². The highest BCUT2D eigenvalue weighted by molar-refractivity contribution is 5.29. The third kappa shape index (κ3) is 4.06. The Balaban J connectivity index is 2.86. The smallest absolute Gasteiger partial charge is 0.217 e. The number of hydrogen-bond acceptors (Lipinski definition) is 5. The number of nitrogens with zero attached hydrogens (tertiary/aromatic N) is 2. The van der Waals surface area contributed by atoms with E-state index in [1.54, 1.807) is 24.3 Å². The Labute approximate surface area is 97.3 Å². The second kappa shape index (κ2) is 5.78. The molecule has 0 fully saturated rings. The number of ether oxygens (including phenoxy) is 1. The van der Waals surface area contributed by atoms with E-state index < -0.39 is 28.9 Å². The molecule has 0 N–H and O–H groups in total. The molecule has 7 nitrogen and oxygen atoms in total. The fourth-order valence-corrected chi connectivity index (χ4v) is 1.50. The van der Waals surface area contributed by atoms with Crippen molar-refractivity contribution in [1.82, 2.24) is 0 Å². The lowest BCUT2D eigenvalue weighted by Crippen LogP contribution is -2.20. The molecule has 0 saturated heterocycles. The van der Waals surface area contributed by atoms with Crippen molar-refractivity contribution in [2.24, 2.45) is 0 Å². The molecule has 0 bridgehead atoms. The van der Waals surface area contributed by atoms with Crippen LogP contribution in [0.4, 0.5) is 0 Å². The molecule has 7 heteroatoms. The molecule has 0 atom stereocenters. The molecule has 0 unspecified atom stereocenters. The standard InChI is InChI=1S/C10H12N2O5/c1-17-10-4-2-8(3-5-10)9(6-11(13)14)7-12(15)16/h2-5,9H,6-7H2,1H3. The van der Waals surface area contributed by atoms with E-state index in [2.05, 4.69) is 0 Å². The van der Waals surface area contributed by atoms with E-state index in [1.807, 2.05) is 0 Å². The van der Waals surface area contributed by atoms with Crippen LogP contribution in [0.1, 0.15) is 11.5 Å². The molecule has 92 valence electrons. The fourth-order valence-electron chi connectivity index (χ4n) is 1.50. The Kier molecular flexibility index (Phi) is 4.38. The summed E-state index contributed by atoms with van der Waals surface area (Å²) in [6.45, 7) is -0.902. The van der Waals surface area contributed by atoms with Crippen LogP contribution < -0.4 is 4.74 Å². The number of benzene rings is 1. The molecule has 0 spiro atoms. The Morgan fingerprint density at radius 1 is 1.12 bits per heavy atom. The zero-order valence-corrected chi connectivity index (χ0v) is 9.24. The second-order valence-corrected chi connectivity index (χ2v) is 3.50. The number of methoxy groups -OCH3 is 1. The third-order valence-corrected chi connectivity index (χ3v) is 2.33. The predicted molar refractivity (Wildman–Crippen MR) is 59.5 cm³/mol. The van der Waals surface area contributed by atoms with Crippen molar-refractivity contribution in [3.05, 3.63) is 50.1 Å². The van der Waals surface area contributed by atoms with E-state index in [0.717, 1.165) is 0 Å². The van der Waals surface area contributed by atoms with Gasteiger partial charge in [0.1, 0.15) is 11.7 Å². The lowest BCUT2D eigenvalue weighted by Gasteiger charge is -2.09. The topological polar surface area (TPSA) is 95.5 Å². The number of nitro groups is 2. The zero-order valence-electron chi connectivity index (χ0n) is 9.24. The molecule has 0 aromatic heterocycles. The van der Waals surface area contributed by atoms with Gasteiger partial charge in [0.2, 0.25) is 13.1 Å². The maximum atomic E-state index is 10.4. The summed E-state index contributed by atoms with van der Waals surface area (Å²) in [6.07, 6.45) is 0. The van der Waals surface area contributed by atoms with E-state index in [9.17, 15) is 20.2 Å².